The van der Waals surface area contributed by atoms with E-state index in [2.05, 4.69) is 5.32 Å². The van der Waals surface area contributed by atoms with Crippen LogP contribution in [0.3, 0.4) is 0 Å². The summed E-state index contributed by atoms with van der Waals surface area (Å²) < 4.78 is 26.1. The molecule has 1 N–H and O–H groups in total. The second-order valence-corrected chi connectivity index (χ2v) is 10.6. The van der Waals surface area contributed by atoms with Crippen LogP contribution in [0.25, 0.3) is 0 Å². The van der Waals surface area contributed by atoms with Gasteiger partial charge in [-0.15, -0.1) is 0 Å². The Bertz CT molecular complexity index is 1060. The molecule has 0 aliphatic carbocycles. The zero-order valence-electron chi connectivity index (χ0n) is 20.3. The fourth-order valence-electron chi connectivity index (χ4n) is 3.71. The van der Waals surface area contributed by atoms with E-state index < -0.39 is 16.1 Å². The minimum atomic E-state index is -3.51. The van der Waals surface area contributed by atoms with E-state index >= 15 is 0 Å². The van der Waals surface area contributed by atoms with Gasteiger partial charge in [-0.05, 0) is 56.5 Å². The molecule has 0 saturated heterocycles. The third-order valence-electron chi connectivity index (χ3n) is 5.48. The van der Waals surface area contributed by atoms with Gasteiger partial charge in [-0.3, -0.25) is 13.9 Å². The highest BCUT2D eigenvalue weighted by Crippen LogP contribution is 2.20. The van der Waals surface area contributed by atoms with Gasteiger partial charge >= 0.3 is 0 Å². The van der Waals surface area contributed by atoms with E-state index in [4.69, 9.17) is 11.6 Å². The maximum absolute atomic E-state index is 13.3. The summed E-state index contributed by atoms with van der Waals surface area (Å²) >= 11 is 5.99. The minimum absolute atomic E-state index is 0.112. The van der Waals surface area contributed by atoms with E-state index in [0.29, 0.717) is 30.1 Å². The average Bonchev–Trinajstić information content (AvgIpc) is 2.78. The Kier molecular flexibility index (Phi) is 10.4. The topological polar surface area (TPSA) is 86.8 Å². The Morgan fingerprint density at radius 2 is 1.65 bits per heavy atom. The van der Waals surface area contributed by atoms with Gasteiger partial charge in [0.05, 0.1) is 11.9 Å². The Labute approximate surface area is 208 Å². The van der Waals surface area contributed by atoms with Crippen LogP contribution in [0.5, 0.6) is 0 Å². The molecule has 2 rings (SSSR count). The number of anilines is 1. The predicted octanol–water partition coefficient (Wildman–Crippen LogP) is 4.14. The van der Waals surface area contributed by atoms with Gasteiger partial charge in [0.2, 0.25) is 21.8 Å². The summed E-state index contributed by atoms with van der Waals surface area (Å²) in [6.45, 7) is 6.53. The fourth-order valence-corrected chi connectivity index (χ4v) is 4.80. The number of hydrogen-bond donors (Lipinski definition) is 1. The molecule has 0 spiro atoms. The molecule has 0 radical (unpaired) electrons. The SMILES string of the molecule is CCNC(=O)C(CC)N(Cc1ccc(Cl)cc1)C(=O)CCCN(c1ccc(C)cc1)S(C)(=O)=O. The van der Waals surface area contributed by atoms with E-state index in [1.165, 1.54) is 4.31 Å². The monoisotopic (exact) mass is 507 g/mol. The van der Waals surface area contributed by atoms with Gasteiger partial charge in [0.25, 0.3) is 0 Å². The summed E-state index contributed by atoms with van der Waals surface area (Å²) in [4.78, 5) is 27.5. The van der Waals surface area contributed by atoms with E-state index in [1.807, 2.05) is 45.0 Å². The second-order valence-electron chi connectivity index (χ2n) is 8.24. The first kappa shape index (κ1) is 27.7. The van der Waals surface area contributed by atoms with Crippen molar-refractivity contribution in [1.29, 1.82) is 0 Å². The molecule has 2 aromatic rings. The number of nitrogens with zero attached hydrogens (tertiary/aromatic N) is 2. The largest absolute Gasteiger partial charge is 0.355 e. The summed E-state index contributed by atoms with van der Waals surface area (Å²) in [5.74, 6) is -0.407. The summed E-state index contributed by atoms with van der Waals surface area (Å²) in [5, 5.41) is 3.40. The summed E-state index contributed by atoms with van der Waals surface area (Å²) in [7, 11) is -3.51. The van der Waals surface area contributed by atoms with Gasteiger partial charge in [-0.25, -0.2) is 8.42 Å². The van der Waals surface area contributed by atoms with Crippen molar-refractivity contribution >= 4 is 39.1 Å². The van der Waals surface area contributed by atoms with Crippen molar-refractivity contribution in [2.75, 3.05) is 23.7 Å². The Morgan fingerprint density at radius 3 is 2.18 bits per heavy atom. The van der Waals surface area contributed by atoms with Gasteiger partial charge in [-0.1, -0.05) is 48.4 Å². The smallest absolute Gasteiger partial charge is 0.242 e. The minimum Gasteiger partial charge on any atom is -0.355 e. The number of carbonyl (C=O) groups excluding carboxylic acids is 2. The highest BCUT2D eigenvalue weighted by Gasteiger charge is 2.28. The molecule has 0 aliphatic rings. The third kappa shape index (κ3) is 8.02. The molecule has 0 bridgehead atoms. The second kappa shape index (κ2) is 12.8. The molecule has 2 amide bonds. The lowest BCUT2D eigenvalue weighted by molar-refractivity contribution is -0.141. The first-order chi connectivity index (χ1) is 16.1. The lowest BCUT2D eigenvalue weighted by Crippen LogP contribution is -2.49. The molecule has 0 aromatic heterocycles. The van der Waals surface area contributed by atoms with E-state index in [1.54, 1.807) is 29.2 Å². The maximum atomic E-state index is 13.3. The van der Waals surface area contributed by atoms with Crippen molar-refractivity contribution in [3.8, 4) is 0 Å². The Hall–Kier alpha value is -2.58. The molecule has 0 heterocycles. The number of carbonyl (C=O) groups is 2. The first-order valence-electron chi connectivity index (χ1n) is 11.4. The predicted molar refractivity (Wildman–Crippen MR) is 137 cm³/mol. The molecule has 0 aliphatic heterocycles. The van der Waals surface area contributed by atoms with Gasteiger partial charge in [0.15, 0.2) is 0 Å². The molecule has 1 atom stereocenters. The standard InChI is InChI=1S/C25H34ClN3O4S/c1-5-23(25(31)27-6-2)28(18-20-11-13-21(26)14-12-20)24(30)8-7-17-29(34(4,32)33)22-15-9-19(3)10-16-22/h9-16,23H,5-8,17-18H2,1-4H3,(H,27,31). The van der Waals surface area contributed by atoms with E-state index in [0.717, 1.165) is 17.4 Å². The van der Waals surface area contributed by atoms with Gasteiger partial charge in [-0.2, -0.15) is 0 Å². The van der Waals surface area contributed by atoms with Gasteiger partial charge < -0.3 is 10.2 Å². The number of likely N-dealkylation sites (N-methyl/N-ethyl adjacent to an activating group) is 1. The highest BCUT2D eigenvalue weighted by molar-refractivity contribution is 7.92. The van der Waals surface area contributed by atoms with Crippen LogP contribution in [0.1, 0.15) is 44.2 Å². The lowest BCUT2D eigenvalue weighted by atomic mass is 10.1. The molecule has 7 nitrogen and oxygen atoms in total. The molecular formula is C25H34ClN3O4S. The number of hydrogen-bond acceptors (Lipinski definition) is 4. The number of rotatable bonds is 12. The Morgan fingerprint density at radius 1 is 1.03 bits per heavy atom. The number of amides is 2. The molecule has 34 heavy (non-hydrogen) atoms. The molecule has 0 fully saturated rings. The molecule has 9 heteroatoms. The molecule has 1 unspecified atom stereocenters. The molecule has 0 saturated carbocycles. The van der Waals surface area contributed by atoms with Crippen molar-refractivity contribution in [3.05, 3.63) is 64.7 Å². The number of sulfonamides is 1. The third-order valence-corrected chi connectivity index (χ3v) is 6.92. The lowest BCUT2D eigenvalue weighted by Gasteiger charge is -2.31. The van der Waals surface area contributed by atoms with Crippen molar-refractivity contribution < 1.29 is 18.0 Å². The van der Waals surface area contributed by atoms with Crippen LogP contribution in [0.2, 0.25) is 5.02 Å². The molecular weight excluding hydrogens is 474 g/mol. The normalized spacial score (nSPS) is 12.1. The number of halogens is 1. The maximum Gasteiger partial charge on any atom is 0.242 e. The van der Waals surface area contributed by atoms with E-state index in [9.17, 15) is 18.0 Å². The van der Waals surface area contributed by atoms with E-state index in [-0.39, 0.29) is 31.3 Å². The fraction of sp³-hybridized carbons (Fsp3) is 0.440. The summed E-state index contributed by atoms with van der Waals surface area (Å²) in [6, 6.07) is 13.8. The molecule has 2 aromatic carbocycles. The highest BCUT2D eigenvalue weighted by atomic mass is 35.5. The van der Waals surface area contributed by atoms with Crippen LogP contribution in [0, 0.1) is 6.92 Å². The quantitative estimate of drug-likeness (QED) is 0.467. The van der Waals surface area contributed by atoms with Crippen molar-refractivity contribution in [1.82, 2.24) is 10.2 Å². The number of aryl methyl sites for hydroxylation is 1. The van der Waals surface area contributed by atoms with Crippen molar-refractivity contribution in [2.24, 2.45) is 0 Å². The summed E-state index contributed by atoms with van der Waals surface area (Å²) in [5.41, 5.74) is 2.45. The average molecular weight is 508 g/mol. The van der Waals surface area contributed by atoms with Gasteiger partial charge in [0.1, 0.15) is 6.04 Å². The van der Waals surface area contributed by atoms with Crippen LogP contribution in [-0.4, -0.2) is 50.5 Å². The first-order valence-corrected chi connectivity index (χ1v) is 13.7. The van der Waals surface area contributed by atoms with Gasteiger partial charge in [0, 0.05) is 31.1 Å². The van der Waals surface area contributed by atoms with Crippen LogP contribution < -0.4 is 9.62 Å². The zero-order valence-corrected chi connectivity index (χ0v) is 21.8. The number of benzene rings is 2. The van der Waals surface area contributed by atoms with Crippen LogP contribution in [-0.2, 0) is 26.2 Å². The van der Waals surface area contributed by atoms with Crippen LogP contribution in [0.4, 0.5) is 5.69 Å². The summed E-state index contributed by atoms with van der Waals surface area (Å²) in [6.07, 6.45) is 2.05. The van der Waals surface area contributed by atoms with Crippen LogP contribution in [0.15, 0.2) is 48.5 Å². The van der Waals surface area contributed by atoms with Crippen molar-refractivity contribution in [2.45, 2.75) is 52.6 Å². The molecule has 186 valence electrons. The van der Waals surface area contributed by atoms with Crippen LogP contribution >= 0.6 is 11.6 Å². The number of nitrogens with one attached hydrogen (secondary N) is 1. The van der Waals surface area contributed by atoms with Crippen molar-refractivity contribution in [3.63, 3.8) is 0 Å². The Balaban J connectivity index is 2.18. The zero-order chi connectivity index (χ0) is 25.3.